The van der Waals surface area contributed by atoms with Crippen molar-refractivity contribution in [3.05, 3.63) is 77.0 Å². The molecule has 0 spiro atoms. The Morgan fingerprint density at radius 3 is 2.35 bits per heavy atom. The SMILES string of the molecule is Cc1ccc(S(=O)(=O)/N=N/C2=C(Cc3ccccc3)C(=O)CCC2)cc1. The number of hydrogen-bond donors (Lipinski definition) is 0. The molecule has 0 fully saturated rings. The molecule has 0 aliphatic heterocycles. The number of rotatable bonds is 5. The molecule has 2 aromatic carbocycles. The third-order valence-electron chi connectivity index (χ3n) is 4.31. The standard InChI is InChI=1S/C20H20N2O3S/c1-15-10-12-17(13-11-15)26(24,25)22-21-19-8-5-9-20(23)18(19)14-16-6-3-2-4-7-16/h2-4,6-7,10-13H,5,8-9,14H2,1H3/b22-21+. The summed E-state index contributed by atoms with van der Waals surface area (Å²) in [6.07, 6.45) is 2.13. The first-order chi connectivity index (χ1) is 12.5. The van der Waals surface area contributed by atoms with Gasteiger partial charge in [-0.2, -0.15) is 8.42 Å². The molecule has 1 aliphatic rings. The van der Waals surface area contributed by atoms with Gasteiger partial charge in [-0.05, 0) is 37.5 Å². The predicted octanol–water partition coefficient (Wildman–Crippen LogP) is 4.39. The summed E-state index contributed by atoms with van der Waals surface area (Å²) in [6, 6.07) is 16.1. The molecule has 0 amide bonds. The molecule has 0 saturated carbocycles. The van der Waals surface area contributed by atoms with E-state index in [1.165, 1.54) is 12.1 Å². The summed E-state index contributed by atoms with van der Waals surface area (Å²) >= 11 is 0. The van der Waals surface area contributed by atoms with E-state index in [9.17, 15) is 13.2 Å². The Labute approximate surface area is 153 Å². The van der Waals surface area contributed by atoms with Crippen molar-refractivity contribution in [2.45, 2.75) is 37.5 Å². The molecule has 0 radical (unpaired) electrons. The van der Waals surface area contributed by atoms with Gasteiger partial charge in [-0.3, -0.25) is 4.79 Å². The van der Waals surface area contributed by atoms with Gasteiger partial charge in [0.2, 0.25) is 0 Å². The molecule has 6 heteroatoms. The maximum absolute atomic E-state index is 12.4. The molecule has 0 N–H and O–H groups in total. The van der Waals surface area contributed by atoms with E-state index < -0.39 is 10.0 Å². The van der Waals surface area contributed by atoms with Gasteiger partial charge in [0, 0.05) is 18.4 Å². The molecule has 0 unspecified atom stereocenters. The zero-order valence-corrected chi connectivity index (χ0v) is 15.4. The summed E-state index contributed by atoms with van der Waals surface area (Å²) in [7, 11) is -3.88. The van der Waals surface area contributed by atoms with E-state index in [1.54, 1.807) is 12.1 Å². The third-order valence-corrected chi connectivity index (χ3v) is 5.48. The molecule has 0 atom stereocenters. The molecule has 2 aromatic rings. The van der Waals surface area contributed by atoms with Gasteiger partial charge >= 0.3 is 0 Å². The molecule has 0 bridgehead atoms. The van der Waals surface area contributed by atoms with Crippen LogP contribution in [0.25, 0.3) is 0 Å². The molecular weight excluding hydrogens is 348 g/mol. The molecule has 0 heterocycles. The monoisotopic (exact) mass is 368 g/mol. The van der Waals surface area contributed by atoms with Crippen LogP contribution in [-0.2, 0) is 21.2 Å². The lowest BCUT2D eigenvalue weighted by Gasteiger charge is -2.15. The third kappa shape index (κ3) is 4.32. The van der Waals surface area contributed by atoms with E-state index in [-0.39, 0.29) is 10.7 Å². The molecular formula is C20H20N2O3S. The Morgan fingerprint density at radius 1 is 0.962 bits per heavy atom. The summed E-state index contributed by atoms with van der Waals surface area (Å²) in [6.45, 7) is 1.88. The highest BCUT2D eigenvalue weighted by Gasteiger charge is 2.22. The van der Waals surface area contributed by atoms with Crippen LogP contribution in [0.3, 0.4) is 0 Å². The van der Waals surface area contributed by atoms with Crippen LogP contribution in [0, 0.1) is 6.92 Å². The van der Waals surface area contributed by atoms with E-state index in [2.05, 4.69) is 9.63 Å². The molecule has 134 valence electrons. The number of aryl methyl sites for hydroxylation is 1. The quantitative estimate of drug-likeness (QED) is 0.735. The van der Waals surface area contributed by atoms with E-state index in [1.807, 2.05) is 37.3 Å². The minimum absolute atomic E-state index is 0.0155. The van der Waals surface area contributed by atoms with Gasteiger partial charge in [0.05, 0.1) is 10.6 Å². The first kappa shape index (κ1) is 18.2. The maximum atomic E-state index is 12.4. The Hall–Kier alpha value is -2.60. The van der Waals surface area contributed by atoms with Crippen LogP contribution >= 0.6 is 0 Å². The average molecular weight is 368 g/mol. The zero-order valence-electron chi connectivity index (χ0n) is 14.6. The lowest BCUT2D eigenvalue weighted by molar-refractivity contribution is -0.116. The highest BCUT2D eigenvalue weighted by atomic mass is 32.2. The molecule has 3 rings (SSSR count). The number of benzene rings is 2. The summed E-state index contributed by atoms with van der Waals surface area (Å²) in [5.74, 6) is 0.0155. The van der Waals surface area contributed by atoms with Crippen LogP contribution in [-0.4, -0.2) is 14.2 Å². The molecule has 1 aliphatic carbocycles. The maximum Gasteiger partial charge on any atom is 0.299 e. The Balaban J connectivity index is 1.91. The molecule has 5 nitrogen and oxygen atoms in total. The van der Waals surface area contributed by atoms with E-state index in [4.69, 9.17) is 0 Å². The topological polar surface area (TPSA) is 75.9 Å². The second-order valence-corrected chi connectivity index (χ2v) is 7.92. The van der Waals surface area contributed by atoms with Gasteiger partial charge < -0.3 is 0 Å². The number of hydrogen-bond acceptors (Lipinski definition) is 4. The van der Waals surface area contributed by atoms with Gasteiger partial charge in [-0.1, -0.05) is 52.5 Å². The van der Waals surface area contributed by atoms with Crippen molar-refractivity contribution in [1.82, 2.24) is 0 Å². The number of carbonyl (C=O) groups excluding carboxylic acids is 1. The van der Waals surface area contributed by atoms with Crippen LogP contribution in [0.5, 0.6) is 0 Å². The van der Waals surface area contributed by atoms with Gasteiger partial charge in [0.25, 0.3) is 10.0 Å². The Morgan fingerprint density at radius 2 is 1.65 bits per heavy atom. The van der Waals surface area contributed by atoms with Crippen LogP contribution in [0.4, 0.5) is 0 Å². The van der Waals surface area contributed by atoms with Crippen molar-refractivity contribution >= 4 is 15.8 Å². The molecule has 0 aromatic heterocycles. The average Bonchev–Trinajstić information content (AvgIpc) is 2.63. The fourth-order valence-electron chi connectivity index (χ4n) is 2.85. The van der Waals surface area contributed by atoms with Crippen LogP contribution in [0.1, 0.15) is 30.4 Å². The van der Waals surface area contributed by atoms with Crippen LogP contribution < -0.4 is 0 Å². The highest BCUT2D eigenvalue weighted by molar-refractivity contribution is 7.90. The first-order valence-corrected chi connectivity index (χ1v) is 9.93. The fraction of sp³-hybridized carbons (Fsp3) is 0.250. The molecule has 26 heavy (non-hydrogen) atoms. The molecule has 0 saturated heterocycles. The largest absolute Gasteiger partial charge is 0.299 e. The smallest absolute Gasteiger partial charge is 0.294 e. The van der Waals surface area contributed by atoms with Crippen molar-refractivity contribution in [2.24, 2.45) is 9.63 Å². The summed E-state index contributed by atoms with van der Waals surface area (Å²) in [5.41, 5.74) is 2.99. The van der Waals surface area contributed by atoms with Crippen molar-refractivity contribution in [3.63, 3.8) is 0 Å². The van der Waals surface area contributed by atoms with E-state index >= 15 is 0 Å². The van der Waals surface area contributed by atoms with Crippen LogP contribution in [0.15, 0.2) is 80.4 Å². The van der Waals surface area contributed by atoms with Gasteiger partial charge in [-0.25, -0.2) is 0 Å². The van der Waals surface area contributed by atoms with Crippen molar-refractivity contribution in [2.75, 3.05) is 0 Å². The summed E-state index contributed by atoms with van der Waals surface area (Å²) in [4.78, 5) is 12.4. The number of sulfonamides is 1. The lowest BCUT2D eigenvalue weighted by atomic mass is 9.90. The van der Waals surface area contributed by atoms with Crippen molar-refractivity contribution < 1.29 is 13.2 Å². The Bertz CT molecular complexity index is 960. The number of nitrogens with zero attached hydrogens (tertiary/aromatic N) is 2. The lowest BCUT2D eigenvalue weighted by Crippen LogP contribution is -2.13. The second kappa shape index (κ2) is 7.74. The van der Waals surface area contributed by atoms with Gasteiger partial charge in [0.1, 0.15) is 0 Å². The predicted molar refractivity (Wildman–Crippen MR) is 99.3 cm³/mol. The fourth-order valence-corrected chi connectivity index (χ4v) is 3.63. The second-order valence-electron chi connectivity index (χ2n) is 6.33. The van der Waals surface area contributed by atoms with Gasteiger partial charge in [-0.15, -0.1) is 5.11 Å². The number of allylic oxidation sites excluding steroid dienone is 2. The highest BCUT2D eigenvalue weighted by Crippen LogP contribution is 2.27. The normalized spacial score (nSPS) is 15.7. The van der Waals surface area contributed by atoms with Crippen molar-refractivity contribution in [3.8, 4) is 0 Å². The number of carbonyl (C=O) groups is 1. The Kier molecular flexibility index (Phi) is 5.42. The van der Waals surface area contributed by atoms with Gasteiger partial charge in [0.15, 0.2) is 5.78 Å². The van der Waals surface area contributed by atoms with Crippen molar-refractivity contribution in [1.29, 1.82) is 0 Å². The minimum Gasteiger partial charge on any atom is -0.294 e. The number of ketones is 1. The number of Topliss-reactive ketones (excluding diaryl/α,β-unsaturated/α-hetero) is 1. The minimum atomic E-state index is -3.88. The van der Waals surface area contributed by atoms with Crippen LogP contribution in [0.2, 0.25) is 0 Å². The van der Waals surface area contributed by atoms with E-state index in [0.717, 1.165) is 11.1 Å². The summed E-state index contributed by atoms with van der Waals surface area (Å²) in [5, 5.41) is 3.98. The van der Waals surface area contributed by atoms with E-state index in [0.29, 0.717) is 37.0 Å². The zero-order chi connectivity index (χ0) is 18.6. The summed E-state index contributed by atoms with van der Waals surface area (Å²) < 4.78 is 28.3. The first-order valence-electron chi connectivity index (χ1n) is 8.49.